The average molecular weight is 265 g/mol. The number of hydrogen-bond donors (Lipinski definition) is 3. The maximum Gasteiger partial charge on any atom is 0.252 e. The number of nitrogens with one attached hydrogen (secondary N) is 2. The summed E-state index contributed by atoms with van der Waals surface area (Å²) in [6.45, 7) is 4.92. The SMILES string of the molecule is CCC(CC)(CO)CNc1cc(=O)[nH]c(C2CC2)n1. The molecule has 3 N–H and O–H groups in total. The van der Waals surface area contributed by atoms with Crippen LogP contribution in [0.3, 0.4) is 0 Å². The second kappa shape index (κ2) is 5.74. The molecule has 1 heterocycles. The molecule has 1 saturated carbocycles. The lowest BCUT2D eigenvalue weighted by atomic mass is 9.83. The summed E-state index contributed by atoms with van der Waals surface area (Å²) < 4.78 is 0. The Hall–Kier alpha value is -1.36. The van der Waals surface area contributed by atoms with E-state index in [0.29, 0.717) is 18.3 Å². The van der Waals surface area contributed by atoms with Crippen LogP contribution in [-0.2, 0) is 0 Å². The van der Waals surface area contributed by atoms with Crippen LogP contribution in [0.4, 0.5) is 5.82 Å². The fourth-order valence-electron chi connectivity index (χ4n) is 2.17. The van der Waals surface area contributed by atoms with Crippen LogP contribution in [-0.4, -0.2) is 28.2 Å². The van der Waals surface area contributed by atoms with E-state index < -0.39 is 0 Å². The van der Waals surface area contributed by atoms with Gasteiger partial charge in [-0.15, -0.1) is 0 Å². The van der Waals surface area contributed by atoms with Crippen LogP contribution in [0.2, 0.25) is 0 Å². The van der Waals surface area contributed by atoms with Crippen LogP contribution in [0.25, 0.3) is 0 Å². The van der Waals surface area contributed by atoms with E-state index in [0.717, 1.165) is 31.5 Å². The van der Waals surface area contributed by atoms with Crippen molar-refractivity contribution in [1.29, 1.82) is 0 Å². The fourth-order valence-corrected chi connectivity index (χ4v) is 2.17. The molecule has 5 nitrogen and oxygen atoms in total. The van der Waals surface area contributed by atoms with Gasteiger partial charge in [0.1, 0.15) is 11.6 Å². The van der Waals surface area contributed by atoms with Gasteiger partial charge < -0.3 is 15.4 Å². The highest BCUT2D eigenvalue weighted by molar-refractivity contribution is 5.34. The number of aliphatic hydroxyl groups excluding tert-OH is 1. The monoisotopic (exact) mass is 265 g/mol. The Morgan fingerprint density at radius 2 is 2.16 bits per heavy atom. The van der Waals surface area contributed by atoms with Crippen molar-refractivity contribution in [3.63, 3.8) is 0 Å². The minimum Gasteiger partial charge on any atom is -0.396 e. The summed E-state index contributed by atoms with van der Waals surface area (Å²) in [7, 11) is 0. The molecule has 5 heteroatoms. The highest BCUT2D eigenvalue weighted by atomic mass is 16.3. The predicted octanol–water partition coefficient (Wildman–Crippen LogP) is 1.86. The highest BCUT2D eigenvalue weighted by Crippen LogP contribution is 2.37. The van der Waals surface area contributed by atoms with Gasteiger partial charge in [0.25, 0.3) is 5.56 Å². The third-order valence-corrected chi connectivity index (χ3v) is 4.20. The van der Waals surface area contributed by atoms with Crippen molar-refractivity contribution in [3.8, 4) is 0 Å². The number of aliphatic hydroxyl groups is 1. The lowest BCUT2D eigenvalue weighted by molar-refractivity contribution is 0.127. The van der Waals surface area contributed by atoms with Crippen molar-refractivity contribution < 1.29 is 5.11 Å². The molecule has 0 amide bonds. The van der Waals surface area contributed by atoms with Gasteiger partial charge in [0, 0.05) is 23.9 Å². The zero-order chi connectivity index (χ0) is 13.9. The van der Waals surface area contributed by atoms with E-state index in [9.17, 15) is 9.90 Å². The molecular weight excluding hydrogens is 242 g/mol. The first kappa shape index (κ1) is 14.1. The Balaban J connectivity index is 2.08. The molecule has 1 aromatic rings. The molecule has 0 aliphatic heterocycles. The normalized spacial score (nSPS) is 15.5. The van der Waals surface area contributed by atoms with Gasteiger partial charge in [-0.1, -0.05) is 13.8 Å². The van der Waals surface area contributed by atoms with Crippen LogP contribution in [0.1, 0.15) is 51.3 Å². The molecule has 0 radical (unpaired) electrons. The molecule has 0 bridgehead atoms. The Labute approximate surface area is 113 Å². The van der Waals surface area contributed by atoms with E-state index in [1.54, 1.807) is 0 Å². The standard InChI is InChI=1S/C14H23N3O2/c1-3-14(4-2,9-18)8-15-11-7-12(19)17-13(16-11)10-5-6-10/h7,10,18H,3-6,8-9H2,1-2H3,(H2,15,16,17,19). The molecule has 0 unspecified atom stereocenters. The van der Waals surface area contributed by atoms with Gasteiger partial charge in [-0.3, -0.25) is 4.79 Å². The average Bonchev–Trinajstić information content (AvgIpc) is 3.25. The van der Waals surface area contributed by atoms with Gasteiger partial charge in [0.05, 0.1) is 6.61 Å². The minimum atomic E-state index is -0.135. The number of H-pyrrole nitrogens is 1. The molecule has 1 aromatic heterocycles. The van der Waals surface area contributed by atoms with Crippen molar-refractivity contribution in [2.45, 2.75) is 45.4 Å². The Morgan fingerprint density at radius 3 is 2.68 bits per heavy atom. The van der Waals surface area contributed by atoms with Crippen molar-refractivity contribution in [1.82, 2.24) is 9.97 Å². The molecule has 1 fully saturated rings. The molecule has 2 rings (SSSR count). The summed E-state index contributed by atoms with van der Waals surface area (Å²) in [4.78, 5) is 18.8. The smallest absolute Gasteiger partial charge is 0.252 e. The Bertz CT molecular complexity index is 468. The second-order valence-electron chi connectivity index (χ2n) is 5.51. The lowest BCUT2D eigenvalue weighted by Crippen LogP contribution is -2.33. The van der Waals surface area contributed by atoms with Crippen LogP contribution in [0.15, 0.2) is 10.9 Å². The summed E-state index contributed by atoms with van der Waals surface area (Å²) >= 11 is 0. The first-order valence-electron chi connectivity index (χ1n) is 7.08. The molecule has 0 spiro atoms. The number of nitrogens with zero attached hydrogens (tertiary/aromatic N) is 1. The van der Waals surface area contributed by atoms with E-state index in [2.05, 4.69) is 29.1 Å². The molecule has 106 valence electrons. The number of rotatable bonds is 7. The van der Waals surface area contributed by atoms with Gasteiger partial charge in [-0.25, -0.2) is 4.98 Å². The molecule has 0 aromatic carbocycles. The summed E-state index contributed by atoms with van der Waals surface area (Å²) in [5, 5.41) is 12.7. The number of aromatic amines is 1. The summed E-state index contributed by atoms with van der Waals surface area (Å²) in [5.41, 5.74) is -0.244. The second-order valence-corrected chi connectivity index (χ2v) is 5.51. The van der Waals surface area contributed by atoms with Gasteiger partial charge in [0.2, 0.25) is 0 Å². The van der Waals surface area contributed by atoms with Crippen LogP contribution in [0, 0.1) is 5.41 Å². The summed E-state index contributed by atoms with van der Waals surface area (Å²) in [6, 6.07) is 1.49. The minimum absolute atomic E-state index is 0.109. The molecule has 0 saturated heterocycles. The lowest BCUT2D eigenvalue weighted by Gasteiger charge is -2.29. The van der Waals surface area contributed by atoms with E-state index in [4.69, 9.17) is 0 Å². The van der Waals surface area contributed by atoms with Crippen molar-refractivity contribution >= 4 is 5.82 Å². The van der Waals surface area contributed by atoms with Gasteiger partial charge in [-0.2, -0.15) is 0 Å². The fraction of sp³-hybridized carbons (Fsp3) is 0.714. The zero-order valence-electron chi connectivity index (χ0n) is 11.7. The highest BCUT2D eigenvalue weighted by Gasteiger charge is 2.27. The number of anilines is 1. The number of aromatic nitrogens is 2. The maximum atomic E-state index is 11.6. The van der Waals surface area contributed by atoms with Crippen LogP contribution >= 0.6 is 0 Å². The molecule has 1 aliphatic carbocycles. The van der Waals surface area contributed by atoms with Gasteiger partial charge in [0.15, 0.2) is 0 Å². The maximum absolute atomic E-state index is 11.6. The van der Waals surface area contributed by atoms with Crippen molar-refractivity contribution in [3.05, 3.63) is 22.2 Å². The van der Waals surface area contributed by atoms with Crippen molar-refractivity contribution in [2.24, 2.45) is 5.41 Å². The molecular formula is C14H23N3O2. The van der Waals surface area contributed by atoms with Gasteiger partial charge in [-0.05, 0) is 25.7 Å². The first-order chi connectivity index (χ1) is 9.12. The predicted molar refractivity (Wildman–Crippen MR) is 75.4 cm³/mol. The van der Waals surface area contributed by atoms with E-state index in [1.165, 1.54) is 6.07 Å². The number of hydrogen-bond acceptors (Lipinski definition) is 4. The van der Waals surface area contributed by atoms with E-state index in [1.807, 2.05) is 0 Å². The topological polar surface area (TPSA) is 78.0 Å². The Morgan fingerprint density at radius 1 is 1.47 bits per heavy atom. The van der Waals surface area contributed by atoms with Crippen LogP contribution in [0.5, 0.6) is 0 Å². The molecule has 1 aliphatic rings. The largest absolute Gasteiger partial charge is 0.396 e. The van der Waals surface area contributed by atoms with Crippen molar-refractivity contribution in [2.75, 3.05) is 18.5 Å². The molecule has 0 atom stereocenters. The summed E-state index contributed by atoms with van der Waals surface area (Å²) in [5.74, 6) is 1.83. The van der Waals surface area contributed by atoms with Gasteiger partial charge >= 0.3 is 0 Å². The van der Waals surface area contributed by atoms with Crippen LogP contribution < -0.4 is 10.9 Å². The summed E-state index contributed by atoms with van der Waals surface area (Å²) in [6.07, 6.45) is 4.01. The van der Waals surface area contributed by atoms with E-state index in [-0.39, 0.29) is 17.6 Å². The zero-order valence-corrected chi connectivity index (χ0v) is 11.7. The van der Waals surface area contributed by atoms with E-state index >= 15 is 0 Å². The third kappa shape index (κ3) is 3.35. The Kier molecular flexibility index (Phi) is 4.24. The first-order valence-corrected chi connectivity index (χ1v) is 7.08. The third-order valence-electron chi connectivity index (χ3n) is 4.20. The quantitative estimate of drug-likeness (QED) is 0.703. The molecule has 19 heavy (non-hydrogen) atoms.